The van der Waals surface area contributed by atoms with Gasteiger partial charge in [-0.1, -0.05) is 24.3 Å². The maximum absolute atomic E-state index is 12.1. The number of carbonyl (C=O) groups excluding carboxylic acids is 3. The van der Waals surface area contributed by atoms with Crippen molar-refractivity contribution in [2.75, 3.05) is 18.5 Å². The second-order valence-electron chi connectivity index (χ2n) is 6.26. The van der Waals surface area contributed by atoms with Gasteiger partial charge in [-0.3, -0.25) is 9.59 Å². The second-order valence-corrected chi connectivity index (χ2v) is 7.79. The number of anilines is 1. The Balaban J connectivity index is 1.93. The smallest absolute Gasteiger partial charge is 0.331 e. The van der Waals surface area contributed by atoms with Crippen molar-refractivity contribution in [2.24, 2.45) is 5.14 Å². The highest BCUT2D eigenvalue weighted by atomic mass is 32.2. The van der Waals surface area contributed by atoms with Crippen molar-refractivity contribution in [2.45, 2.75) is 17.9 Å². The number of esters is 1. The molecular weight excluding hydrogens is 414 g/mol. The SMILES string of the molecule is Cc1ccc(NC(=O)COC(=O)C(CO)NC(=O)c2ccccc2)cc1S(N)(=O)=O. The lowest BCUT2D eigenvalue weighted by Gasteiger charge is -2.15. The summed E-state index contributed by atoms with van der Waals surface area (Å²) in [7, 11) is -3.97. The van der Waals surface area contributed by atoms with E-state index in [4.69, 9.17) is 9.88 Å². The Bertz CT molecular complexity index is 1040. The van der Waals surface area contributed by atoms with E-state index < -0.39 is 47.1 Å². The lowest BCUT2D eigenvalue weighted by molar-refractivity contribution is -0.150. The van der Waals surface area contributed by atoms with Crippen molar-refractivity contribution < 1.29 is 32.6 Å². The van der Waals surface area contributed by atoms with Crippen LogP contribution in [0.1, 0.15) is 15.9 Å². The molecule has 1 unspecified atom stereocenters. The molecule has 0 radical (unpaired) electrons. The molecule has 2 aromatic carbocycles. The van der Waals surface area contributed by atoms with Crippen LogP contribution in [-0.4, -0.2) is 50.6 Å². The van der Waals surface area contributed by atoms with E-state index in [-0.39, 0.29) is 16.1 Å². The van der Waals surface area contributed by atoms with E-state index in [2.05, 4.69) is 10.6 Å². The molecule has 5 N–H and O–H groups in total. The van der Waals surface area contributed by atoms with Crippen LogP contribution in [0.25, 0.3) is 0 Å². The van der Waals surface area contributed by atoms with E-state index in [1.807, 2.05) is 0 Å². The first kappa shape index (κ1) is 23.0. The summed E-state index contributed by atoms with van der Waals surface area (Å²) >= 11 is 0. The summed E-state index contributed by atoms with van der Waals surface area (Å²) in [5.41, 5.74) is 0.829. The van der Waals surface area contributed by atoms with Gasteiger partial charge in [-0.05, 0) is 36.8 Å². The van der Waals surface area contributed by atoms with Crippen LogP contribution < -0.4 is 15.8 Å². The van der Waals surface area contributed by atoms with E-state index in [0.29, 0.717) is 5.56 Å². The van der Waals surface area contributed by atoms with Crippen LogP contribution >= 0.6 is 0 Å². The number of benzene rings is 2. The lowest BCUT2D eigenvalue weighted by atomic mass is 10.2. The minimum absolute atomic E-state index is 0.141. The number of nitrogens with two attached hydrogens (primary N) is 1. The van der Waals surface area contributed by atoms with Crippen molar-refractivity contribution in [3.05, 3.63) is 59.7 Å². The number of nitrogens with one attached hydrogen (secondary N) is 2. The molecule has 30 heavy (non-hydrogen) atoms. The van der Waals surface area contributed by atoms with Crippen molar-refractivity contribution in [3.63, 3.8) is 0 Å². The number of carbonyl (C=O) groups is 3. The Labute approximate surface area is 173 Å². The number of sulfonamides is 1. The first-order valence-electron chi connectivity index (χ1n) is 8.68. The molecule has 0 aliphatic heterocycles. The van der Waals surface area contributed by atoms with Gasteiger partial charge in [0.2, 0.25) is 10.0 Å². The normalized spacial score (nSPS) is 12.0. The molecule has 0 spiro atoms. The zero-order chi connectivity index (χ0) is 22.3. The van der Waals surface area contributed by atoms with Gasteiger partial charge in [0, 0.05) is 11.3 Å². The molecule has 2 amide bonds. The molecule has 2 rings (SSSR count). The second kappa shape index (κ2) is 9.96. The van der Waals surface area contributed by atoms with Crippen LogP contribution in [0.2, 0.25) is 0 Å². The number of aliphatic hydroxyl groups excluding tert-OH is 1. The predicted molar refractivity (Wildman–Crippen MR) is 107 cm³/mol. The van der Waals surface area contributed by atoms with E-state index >= 15 is 0 Å². The van der Waals surface area contributed by atoms with Crippen LogP contribution in [0.15, 0.2) is 53.4 Å². The highest BCUT2D eigenvalue weighted by molar-refractivity contribution is 7.89. The van der Waals surface area contributed by atoms with E-state index in [0.717, 1.165) is 0 Å². The topological polar surface area (TPSA) is 165 Å². The maximum Gasteiger partial charge on any atom is 0.331 e. The zero-order valence-corrected chi connectivity index (χ0v) is 16.8. The van der Waals surface area contributed by atoms with Gasteiger partial charge in [-0.2, -0.15) is 0 Å². The maximum atomic E-state index is 12.1. The fourth-order valence-corrected chi connectivity index (χ4v) is 3.24. The molecule has 0 saturated heterocycles. The molecule has 0 fully saturated rings. The molecular formula is C19H21N3O7S. The molecule has 160 valence electrons. The summed E-state index contributed by atoms with van der Waals surface area (Å²) in [6.45, 7) is 0.107. The van der Waals surface area contributed by atoms with Gasteiger partial charge in [0.05, 0.1) is 11.5 Å². The van der Waals surface area contributed by atoms with Gasteiger partial charge in [0.1, 0.15) is 0 Å². The van der Waals surface area contributed by atoms with Crippen LogP contribution in [0.4, 0.5) is 5.69 Å². The number of primary sulfonamides is 1. The molecule has 0 heterocycles. The Morgan fingerprint density at radius 3 is 2.40 bits per heavy atom. The summed E-state index contributed by atoms with van der Waals surface area (Å²) < 4.78 is 27.9. The lowest BCUT2D eigenvalue weighted by Crippen LogP contribution is -2.45. The van der Waals surface area contributed by atoms with E-state index in [1.165, 1.54) is 30.3 Å². The first-order valence-corrected chi connectivity index (χ1v) is 10.2. The number of ether oxygens (including phenoxy) is 1. The fraction of sp³-hybridized carbons (Fsp3) is 0.211. The van der Waals surface area contributed by atoms with Crippen molar-refractivity contribution >= 4 is 33.5 Å². The average Bonchev–Trinajstić information content (AvgIpc) is 2.71. The van der Waals surface area contributed by atoms with Gasteiger partial charge >= 0.3 is 5.97 Å². The highest BCUT2D eigenvalue weighted by Crippen LogP contribution is 2.18. The molecule has 1 atom stereocenters. The van der Waals surface area contributed by atoms with Crippen LogP contribution in [-0.2, 0) is 24.3 Å². The van der Waals surface area contributed by atoms with E-state index in [1.54, 1.807) is 25.1 Å². The molecule has 0 saturated carbocycles. The number of hydrogen-bond donors (Lipinski definition) is 4. The summed E-state index contributed by atoms with van der Waals surface area (Å²) in [5.74, 6) is -2.35. The van der Waals surface area contributed by atoms with Gasteiger partial charge < -0.3 is 20.5 Å². The molecule has 10 nitrogen and oxygen atoms in total. The number of aryl methyl sites for hydroxylation is 1. The number of amides is 2. The minimum atomic E-state index is -3.97. The number of rotatable bonds is 8. The van der Waals surface area contributed by atoms with Gasteiger partial charge in [0.15, 0.2) is 12.6 Å². The Kier molecular flexibility index (Phi) is 7.64. The number of hydrogen-bond acceptors (Lipinski definition) is 7. The van der Waals surface area contributed by atoms with Crippen LogP contribution in [0.3, 0.4) is 0 Å². The van der Waals surface area contributed by atoms with Crippen molar-refractivity contribution in [1.29, 1.82) is 0 Å². The Morgan fingerprint density at radius 1 is 1.13 bits per heavy atom. The molecule has 0 aliphatic carbocycles. The van der Waals surface area contributed by atoms with E-state index in [9.17, 15) is 27.9 Å². The minimum Gasteiger partial charge on any atom is -0.454 e. The quantitative estimate of drug-likeness (QED) is 0.421. The Hall–Kier alpha value is -3.28. The monoisotopic (exact) mass is 435 g/mol. The zero-order valence-electron chi connectivity index (χ0n) is 16.0. The van der Waals surface area contributed by atoms with Gasteiger partial charge in [-0.25, -0.2) is 18.4 Å². The predicted octanol–water partition coefficient (Wildman–Crippen LogP) is -0.0850. The summed E-state index contributed by atoms with van der Waals surface area (Å²) in [4.78, 5) is 36.0. The molecule has 11 heteroatoms. The highest BCUT2D eigenvalue weighted by Gasteiger charge is 2.23. The standard InChI is InChI=1S/C19H21N3O7S/c1-12-7-8-14(9-16(12)30(20,27)28)21-17(24)11-29-19(26)15(10-23)22-18(25)13-5-3-2-4-6-13/h2-9,15,23H,10-11H2,1H3,(H,21,24)(H,22,25)(H2,20,27,28). The summed E-state index contributed by atoms with van der Waals surface area (Å²) in [6, 6.07) is 10.8. The molecule has 0 aromatic heterocycles. The Morgan fingerprint density at radius 2 is 1.80 bits per heavy atom. The third-order valence-corrected chi connectivity index (χ3v) is 4.99. The first-order chi connectivity index (χ1) is 14.1. The van der Waals surface area contributed by atoms with Gasteiger partial charge in [-0.15, -0.1) is 0 Å². The van der Waals surface area contributed by atoms with Crippen molar-refractivity contribution in [3.8, 4) is 0 Å². The van der Waals surface area contributed by atoms with Crippen molar-refractivity contribution in [1.82, 2.24) is 5.32 Å². The largest absolute Gasteiger partial charge is 0.454 e. The molecule has 0 aliphatic rings. The third kappa shape index (κ3) is 6.37. The summed E-state index contributed by atoms with van der Waals surface area (Å²) in [6.07, 6.45) is 0. The third-order valence-electron chi connectivity index (χ3n) is 3.93. The summed E-state index contributed by atoms with van der Waals surface area (Å²) in [5, 5.41) is 19.1. The molecule has 2 aromatic rings. The fourth-order valence-electron chi connectivity index (χ4n) is 2.43. The van der Waals surface area contributed by atoms with Crippen LogP contribution in [0, 0.1) is 6.92 Å². The van der Waals surface area contributed by atoms with Gasteiger partial charge in [0.25, 0.3) is 11.8 Å². The van der Waals surface area contributed by atoms with Crippen LogP contribution in [0.5, 0.6) is 0 Å². The average molecular weight is 435 g/mol. The molecule has 0 bridgehead atoms. The number of aliphatic hydroxyl groups is 1.